The lowest BCUT2D eigenvalue weighted by Gasteiger charge is -2.38. The van der Waals surface area contributed by atoms with Crippen molar-refractivity contribution in [2.75, 3.05) is 6.54 Å². The molecular formula is C16H23NO. The number of terminal acetylenes is 1. The highest BCUT2D eigenvalue weighted by Crippen LogP contribution is 2.47. The van der Waals surface area contributed by atoms with E-state index in [0.29, 0.717) is 0 Å². The Bertz CT molecular complexity index is 433. The molecule has 0 aromatic carbocycles. The molecule has 1 atom stereocenters. The number of hydrogen-bond donors (Lipinski definition) is 0. The highest BCUT2D eigenvalue weighted by Gasteiger charge is 2.48. The first-order chi connectivity index (χ1) is 8.39. The Hall–Kier alpha value is -1.20. The monoisotopic (exact) mass is 245 g/mol. The lowest BCUT2D eigenvalue weighted by molar-refractivity contribution is -0.172. The molecular weight excluding hydrogens is 222 g/mol. The fraction of sp³-hybridized carbons (Fsp3) is 0.625. The van der Waals surface area contributed by atoms with Crippen LogP contribution in [0.1, 0.15) is 47.0 Å². The Kier molecular flexibility index (Phi) is 3.29. The van der Waals surface area contributed by atoms with Crippen molar-refractivity contribution in [3.63, 3.8) is 0 Å². The fourth-order valence-corrected chi connectivity index (χ4v) is 2.84. The second-order valence-corrected chi connectivity index (χ2v) is 6.42. The van der Waals surface area contributed by atoms with E-state index in [9.17, 15) is 0 Å². The molecule has 0 saturated carbocycles. The molecule has 98 valence electrons. The average molecular weight is 245 g/mol. The van der Waals surface area contributed by atoms with E-state index in [2.05, 4.69) is 44.8 Å². The van der Waals surface area contributed by atoms with Gasteiger partial charge in [-0.15, -0.1) is 11.5 Å². The molecule has 2 aliphatic heterocycles. The summed E-state index contributed by atoms with van der Waals surface area (Å²) in [6.07, 6.45) is 12.8. The number of fused-ring (bicyclic) bond motifs is 1. The normalized spacial score (nSPS) is 29.3. The molecule has 0 bridgehead atoms. The van der Waals surface area contributed by atoms with Crippen molar-refractivity contribution < 1.29 is 4.84 Å². The van der Waals surface area contributed by atoms with E-state index in [1.165, 1.54) is 18.4 Å². The predicted octanol–water partition coefficient (Wildman–Crippen LogP) is 3.67. The molecule has 0 amide bonds. The van der Waals surface area contributed by atoms with Gasteiger partial charge in [-0.25, -0.2) is 0 Å². The fourth-order valence-electron chi connectivity index (χ4n) is 2.84. The van der Waals surface area contributed by atoms with Crippen LogP contribution >= 0.6 is 0 Å². The second kappa shape index (κ2) is 4.48. The van der Waals surface area contributed by atoms with Gasteiger partial charge in [0, 0.05) is 17.5 Å². The predicted molar refractivity (Wildman–Crippen MR) is 74.5 cm³/mol. The Balaban J connectivity index is 2.47. The first-order valence-electron chi connectivity index (χ1n) is 6.73. The number of hydrogen-bond acceptors (Lipinski definition) is 2. The summed E-state index contributed by atoms with van der Waals surface area (Å²) in [6, 6.07) is 0. The molecule has 0 aliphatic carbocycles. The van der Waals surface area contributed by atoms with Gasteiger partial charge in [0.2, 0.25) is 0 Å². The molecule has 2 nitrogen and oxygen atoms in total. The second-order valence-electron chi connectivity index (χ2n) is 6.42. The summed E-state index contributed by atoms with van der Waals surface area (Å²) < 4.78 is 0. The number of allylic oxidation sites excluding steroid dienone is 2. The van der Waals surface area contributed by atoms with Crippen LogP contribution < -0.4 is 0 Å². The third-order valence-corrected chi connectivity index (χ3v) is 3.88. The smallest absolute Gasteiger partial charge is 0.135 e. The summed E-state index contributed by atoms with van der Waals surface area (Å²) >= 11 is 0. The molecule has 0 aromatic heterocycles. The lowest BCUT2D eigenvalue weighted by atomic mass is 9.79. The topological polar surface area (TPSA) is 12.5 Å². The molecule has 2 aliphatic rings. The van der Waals surface area contributed by atoms with Gasteiger partial charge in [0.1, 0.15) is 5.76 Å². The van der Waals surface area contributed by atoms with E-state index in [1.54, 1.807) is 6.08 Å². The molecule has 2 rings (SSSR count). The van der Waals surface area contributed by atoms with Crippen LogP contribution in [0, 0.1) is 17.8 Å². The van der Waals surface area contributed by atoms with Crippen molar-refractivity contribution in [2.45, 2.75) is 52.5 Å². The maximum atomic E-state index is 6.14. The van der Waals surface area contributed by atoms with Gasteiger partial charge in [-0.05, 0) is 38.3 Å². The van der Waals surface area contributed by atoms with E-state index in [4.69, 9.17) is 11.3 Å². The first-order valence-corrected chi connectivity index (χ1v) is 6.73. The summed E-state index contributed by atoms with van der Waals surface area (Å²) in [4.78, 5) is 6.14. The molecule has 0 radical (unpaired) electrons. The third-order valence-electron chi connectivity index (χ3n) is 3.88. The van der Waals surface area contributed by atoms with Crippen molar-refractivity contribution in [3.8, 4) is 12.3 Å². The van der Waals surface area contributed by atoms with Crippen molar-refractivity contribution in [2.24, 2.45) is 5.41 Å². The molecule has 2 heterocycles. The molecule has 0 spiro atoms. The quantitative estimate of drug-likeness (QED) is 0.654. The lowest BCUT2D eigenvalue weighted by Crippen LogP contribution is -2.46. The van der Waals surface area contributed by atoms with Crippen molar-refractivity contribution in [1.29, 1.82) is 0 Å². The minimum absolute atomic E-state index is 0.00574. The van der Waals surface area contributed by atoms with Crippen molar-refractivity contribution in [1.82, 2.24) is 5.06 Å². The molecule has 1 fully saturated rings. The molecule has 18 heavy (non-hydrogen) atoms. The minimum Gasteiger partial charge on any atom is -0.409 e. The molecule has 0 N–H and O–H groups in total. The Morgan fingerprint density at radius 2 is 2.11 bits per heavy atom. The highest BCUT2D eigenvalue weighted by molar-refractivity contribution is 5.40. The zero-order chi connectivity index (χ0) is 13.4. The highest BCUT2D eigenvalue weighted by atomic mass is 16.7. The summed E-state index contributed by atoms with van der Waals surface area (Å²) in [7, 11) is 0. The van der Waals surface area contributed by atoms with Crippen LogP contribution in [0.4, 0.5) is 0 Å². The van der Waals surface area contributed by atoms with E-state index in [-0.39, 0.29) is 11.0 Å². The summed E-state index contributed by atoms with van der Waals surface area (Å²) in [5, 5.41) is 2.15. The SMILES string of the molecule is C#C/C=C\C1=C(C(C)(C)C)ON2CCCCC12C. The van der Waals surface area contributed by atoms with Gasteiger partial charge in [0.05, 0.1) is 5.54 Å². The van der Waals surface area contributed by atoms with Crippen LogP contribution in [-0.2, 0) is 4.84 Å². The van der Waals surface area contributed by atoms with E-state index >= 15 is 0 Å². The summed E-state index contributed by atoms with van der Waals surface area (Å²) in [5.74, 6) is 3.66. The summed E-state index contributed by atoms with van der Waals surface area (Å²) in [6.45, 7) is 9.83. The molecule has 1 unspecified atom stereocenters. The zero-order valence-electron chi connectivity index (χ0n) is 11.9. The minimum atomic E-state index is -0.00574. The van der Waals surface area contributed by atoms with Gasteiger partial charge in [0.15, 0.2) is 0 Å². The van der Waals surface area contributed by atoms with E-state index in [1.807, 2.05) is 0 Å². The van der Waals surface area contributed by atoms with Gasteiger partial charge >= 0.3 is 0 Å². The van der Waals surface area contributed by atoms with Crippen LogP contribution in [0.5, 0.6) is 0 Å². The van der Waals surface area contributed by atoms with Crippen LogP contribution in [0.2, 0.25) is 0 Å². The number of piperidine rings is 1. The zero-order valence-corrected chi connectivity index (χ0v) is 11.9. The number of nitrogens with zero attached hydrogens (tertiary/aromatic N) is 1. The number of hydroxylamine groups is 2. The standard InChI is InChI=1S/C16H23NO/c1-6-7-10-13-14(15(2,3)4)18-17-12-9-8-11-16(13,17)5/h1,7,10H,8-9,11-12H2,2-5H3/b10-7-. The summed E-state index contributed by atoms with van der Waals surface area (Å²) in [5.41, 5.74) is 1.26. The first kappa shape index (κ1) is 13.2. The molecule has 2 heteroatoms. The Morgan fingerprint density at radius 3 is 2.72 bits per heavy atom. The average Bonchev–Trinajstić information content (AvgIpc) is 2.59. The number of rotatable bonds is 1. The Morgan fingerprint density at radius 1 is 1.39 bits per heavy atom. The van der Waals surface area contributed by atoms with E-state index < -0.39 is 0 Å². The van der Waals surface area contributed by atoms with Crippen LogP contribution in [-0.4, -0.2) is 17.1 Å². The molecule has 0 aromatic rings. The Labute approximate surface area is 111 Å². The van der Waals surface area contributed by atoms with Crippen molar-refractivity contribution >= 4 is 0 Å². The van der Waals surface area contributed by atoms with Crippen LogP contribution in [0.15, 0.2) is 23.5 Å². The van der Waals surface area contributed by atoms with Gasteiger partial charge in [-0.2, -0.15) is 0 Å². The largest absolute Gasteiger partial charge is 0.409 e. The van der Waals surface area contributed by atoms with Gasteiger partial charge in [-0.1, -0.05) is 26.7 Å². The molecule has 1 saturated heterocycles. The third kappa shape index (κ3) is 2.08. The van der Waals surface area contributed by atoms with Gasteiger partial charge in [0.25, 0.3) is 0 Å². The maximum Gasteiger partial charge on any atom is 0.135 e. The van der Waals surface area contributed by atoms with Gasteiger partial charge in [-0.3, -0.25) is 0 Å². The maximum absolute atomic E-state index is 6.14. The van der Waals surface area contributed by atoms with E-state index in [0.717, 1.165) is 18.7 Å². The van der Waals surface area contributed by atoms with Crippen LogP contribution in [0.3, 0.4) is 0 Å². The van der Waals surface area contributed by atoms with Crippen LogP contribution in [0.25, 0.3) is 0 Å². The van der Waals surface area contributed by atoms with Crippen molar-refractivity contribution in [3.05, 3.63) is 23.5 Å². The van der Waals surface area contributed by atoms with Gasteiger partial charge < -0.3 is 4.84 Å².